The monoisotopic (exact) mass is 373 g/mol. The SMILES string of the molecule is COc1cc(NC(=O)c2nc3ccc(C(N)=O)nc3[nH]2)c(C(=O)O)cc1F. The molecule has 0 aliphatic carbocycles. The number of carbonyl (C=O) groups is 3. The van der Waals surface area contributed by atoms with Gasteiger partial charge in [0.2, 0.25) is 0 Å². The number of methoxy groups -OCH3 is 1. The van der Waals surface area contributed by atoms with E-state index in [2.05, 4.69) is 20.3 Å². The predicted octanol–water partition coefficient (Wildman–Crippen LogP) is 1.15. The summed E-state index contributed by atoms with van der Waals surface area (Å²) in [7, 11) is 1.20. The van der Waals surface area contributed by atoms with Gasteiger partial charge < -0.3 is 25.9 Å². The van der Waals surface area contributed by atoms with Crippen LogP contribution in [0.4, 0.5) is 10.1 Å². The van der Waals surface area contributed by atoms with Gasteiger partial charge in [-0.2, -0.15) is 0 Å². The Labute approximate surface area is 150 Å². The van der Waals surface area contributed by atoms with Gasteiger partial charge in [-0.05, 0) is 18.2 Å². The van der Waals surface area contributed by atoms with E-state index in [1.165, 1.54) is 19.2 Å². The first kappa shape index (κ1) is 17.8. The van der Waals surface area contributed by atoms with Gasteiger partial charge in [0.25, 0.3) is 11.8 Å². The van der Waals surface area contributed by atoms with Crippen LogP contribution in [-0.2, 0) is 0 Å². The molecule has 3 aromatic rings. The van der Waals surface area contributed by atoms with Crippen molar-refractivity contribution in [3.63, 3.8) is 0 Å². The van der Waals surface area contributed by atoms with Crippen molar-refractivity contribution in [3.05, 3.63) is 47.2 Å². The van der Waals surface area contributed by atoms with Crippen molar-refractivity contribution in [2.45, 2.75) is 0 Å². The standard InChI is InChI=1S/C16H12FN5O5/c1-27-11-5-10(6(16(25)26)4-7(11)17)21-15(24)14-20-9-3-2-8(12(18)23)19-13(9)22-14/h2-5H,1H3,(H2,18,23)(H,21,24)(H,25,26)(H,19,20,22). The minimum atomic E-state index is -1.44. The average molecular weight is 373 g/mol. The van der Waals surface area contributed by atoms with E-state index in [0.29, 0.717) is 5.52 Å². The smallest absolute Gasteiger partial charge is 0.337 e. The molecule has 2 amide bonds. The molecular weight excluding hydrogens is 361 g/mol. The highest BCUT2D eigenvalue weighted by molar-refractivity contribution is 6.07. The lowest BCUT2D eigenvalue weighted by atomic mass is 10.1. The number of carboxylic acid groups (broad SMARTS) is 1. The van der Waals surface area contributed by atoms with Gasteiger partial charge in [-0.25, -0.2) is 19.2 Å². The van der Waals surface area contributed by atoms with Crippen molar-refractivity contribution >= 4 is 34.6 Å². The Morgan fingerprint density at radius 2 is 2.00 bits per heavy atom. The van der Waals surface area contributed by atoms with Gasteiger partial charge in [0.15, 0.2) is 23.0 Å². The third-order valence-electron chi connectivity index (χ3n) is 3.58. The van der Waals surface area contributed by atoms with E-state index in [1.807, 2.05) is 0 Å². The number of pyridine rings is 1. The van der Waals surface area contributed by atoms with Crippen molar-refractivity contribution in [1.29, 1.82) is 0 Å². The lowest BCUT2D eigenvalue weighted by Crippen LogP contribution is -2.16. The Morgan fingerprint density at radius 3 is 2.63 bits per heavy atom. The maximum absolute atomic E-state index is 13.7. The molecule has 0 unspecified atom stereocenters. The number of nitrogens with zero attached hydrogens (tertiary/aromatic N) is 2. The number of carboxylic acids is 1. The molecule has 0 saturated heterocycles. The van der Waals surface area contributed by atoms with Crippen molar-refractivity contribution in [2.75, 3.05) is 12.4 Å². The van der Waals surface area contributed by atoms with Crippen LogP contribution in [0.3, 0.4) is 0 Å². The van der Waals surface area contributed by atoms with E-state index in [1.54, 1.807) is 0 Å². The first-order valence-electron chi connectivity index (χ1n) is 7.39. The van der Waals surface area contributed by atoms with Crippen LogP contribution in [-0.4, -0.2) is 45.0 Å². The number of ether oxygens (including phenoxy) is 1. The minimum absolute atomic E-state index is 0.0189. The molecule has 138 valence electrons. The van der Waals surface area contributed by atoms with Crippen molar-refractivity contribution < 1.29 is 28.6 Å². The van der Waals surface area contributed by atoms with Crippen LogP contribution < -0.4 is 15.8 Å². The number of fused-ring (bicyclic) bond motifs is 1. The molecule has 10 nitrogen and oxygen atoms in total. The number of hydrogen-bond acceptors (Lipinski definition) is 6. The van der Waals surface area contributed by atoms with Gasteiger partial charge in [0.05, 0.1) is 18.4 Å². The molecule has 0 saturated carbocycles. The number of aromatic carboxylic acids is 1. The van der Waals surface area contributed by atoms with Crippen molar-refractivity contribution in [2.24, 2.45) is 5.73 Å². The molecule has 0 spiro atoms. The summed E-state index contributed by atoms with van der Waals surface area (Å²) >= 11 is 0. The van der Waals surface area contributed by atoms with Gasteiger partial charge in [-0.15, -0.1) is 0 Å². The second-order valence-corrected chi connectivity index (χ2v) is 5.31. The maximum Gasteiger partial charge on any atom is 0.337 e. The number of carbonyl (C=O) groups excluding carboxylic acids is 2. The molecule has 27 heavy (non-hydrogen) atoms. The van der Waals surface area contributed by atoms with Crippen LogP contribution in [0.15, 0.2) is 24.3 Å². The Morgan fingerprint density at radius 1 is 1.26 bits per heavy atom. The number of halogens is 1. The maximum atomic E-state index is 13.7. The van der Waals surface area contributed by atoms with Crippen LogP contribution in [0.2, 0.25) is 0 Å². The summed E-state index contributed by atoms with van der Waals surface area (Å²) in [6.07, 6.45) is 0. The highest BCUT2D eigenvalue weighted by Crippen LogP contribution is 2.26. The number of H-pyrrole nitrogens is 1. The molecule has 0 atom stereocenters. The molecule has 1 aromatic carbocycles. The number of primary amides is 1. The summed E-state index contributed by atoms with van der Waals surface area (Å²) in [5.74, 6) is -4.32. The third kappa shape index (κ3) is 3.38. The van der Waals surface area contributed by atoms with E-state index >= 15 is 0 Å². The summed E-state index contributed by atoms with van der Waals surface area (Å²) < 4.78 is 18.5. The van der Waals surface area contributed by atoms with E-state index in [0.717, 1.165) is 12.1 Å². The normalized spacial score (nSPS) is 10.6. The van der Waals surface area contributed by atoms with Crippen LogP contribution in [0, 0.1) is 5.82 Å². The lowest BCUT2D eigenvalue weighted by Gasteiger charge is -2.10. The van der Waals surface area contributed by atoms with E-state index in [9.17, 15) is 23.9 Å². The largest absolute Gasteiger partial charge is 0.494 e. The zero-order valence-corrected chi connectivity index (χ0v) is 13.7. The Bertz CT molecular complexity index is 1090. The molecule has 5 N–H and O–H groups in total. The fourth-order valence-electron chi connectivity index (χ4n) is 2.31. The van der Waals surface area contributed by atoms with E-state index < -0.39 is 29.2 Å². The highest BCUT2D eigenvalue weighted by Gasteiger charge is 2.20. The van der Waals surface area contributed by atoms with Gasteiger partial charge in [0, 0.05) is 6.07 Å². The molecule has 11 heteroatoms. The molecule has 0 aliphatic heterocycles. The Kier molecular flexibility index (Phi) is 4.42. The summed E-state index contributed by atoms with van der Waals surface area (Å²) in [5, 5.41) is 11.5. The number of imidazole rings is 1. The molecule has 0 aliphatic rings. The van der Waals surface area contributed by atoms with Crippen LogP contribution in [0.1, 0.15) is 31.5 Å². The molecule has 2 heterocycles. The summed E-state index contributed by atoms with van der Waals surface area (Å²) in [6, 6.07) is 4.57. The number of rotatable bonds is 5. The number of amides is 2. The Balaban J connectivity index is 1.96. The van der Waals surface area contributed by atoms with E-state index in [4.69, 9.17) is 10.5 Å². The number of hydrogen-bond donors (Lipinski definition) is 4. The molecule has 2 aromatic heterocycles. The summed E-state index contributed by atoms with van der Waals surface area (Å²) in [4.78, 5) is 45.4. The summed E-state index contributed by atoms with van der Waals surface area (Å²) in [6.45, 7) is 0. The van der Waals surface area contributed by atoms with Crippen LogP contribution in [0.5, 0.6) is 5.75 Å². The zero-order valence-electron chi connectivity index (χ0n) is 13.7. The second kappa shape index (κ2) is 6.71. The van der Waals surface area contributed by atoms with Gasteiger partial charge >= 0.3 is 5.97 Å². The van der Waals surface area contributed by atoms with Gasteiger partial charge in [-0.3, -0.25) is 9.59 Å². The topological polar surface area (TPSA) is 160 Å². The van der Waals surface area contributed by atoms with E-state index in [-0.39, 0.29) is 28.6 Å². The first-order chi connectivity index (χ1) is 12.8. The molecule has 0 bridgehead atoms. The Hall–Kier alpha value is -4.02. The van der Waals surface area contributed by atoms with Crippen molar-refractivity contribution in [1.82, 2.24) is 15.0 Å². The highest BCUT2D eigenvalue weighted by atomic mass is 19.1. The number of nitrogens with one attached hydrogen (secondary N) is 2. The molecule has 0 radical (unpaired) electrons. The summed E-state index contributed by atoms with van der Waals surface area (Å²) in [5.41, 5.74) is 4.91. The average Bonchev–Trinajstić information content (AvgIpc) is 3.05. The predicted molar refractivity (Wildman–Crippen MR) is 90.3 cm³/mol. The number of anilines is 1. The molecule has 0 fully saturated rings. The van der Waals surface area contributed by atoms with Gasteiger partial charge in [0.1, 0.15) is 11.2 Å². The minimum Gasteiger partial charge on any atom is -0.494 e. The van der Waals surface area contributed by atoms with Crippen LogP contribution >= 0.6 is 0 Å². The van der Waals surface area contributed by atoms with Gasteiger partial charge in [-0.1, -0.05) is 0 Å². The number of aromatic amines is 1. The third-order valence-corrected chi connectivity index (χ3v) is 3.58. The zero-order chi connectivity index (χ0) is 19.7. The second-order valence-electron chi connectivity index (χ2n) is 5.31. The quantitative estimate of drug-likeness (QED) is 0.522. The number of aromatic nitrogens is 3. The number of nitrogens with two attached hydrogens (primary N) is 1. The fraction of sp³-hybridized carbons (Fsp3) is 0.0625. The molecule has 3 rings (SSSR count). The fourth-order valence-corrected chi connectivity index (χ4v) is 2.31. The van der Waals surface area contributed by atoms with Crippen LogP contribution in [0.25, 0.3) is 11.2 Å². The number of benzene rings is 1. The first-order valence-corrected chi connectivity index (χ1v) is 7.39. The molecular formula is C16H12FN5O5. The van der Waals surface area contributed by atoms with Crippen molar-refractivity contribution in [3.8, 4) is 5.75 Å². The lowest BCUT2D eigenvalue weighted by molar-refractivity contribution is 0.0697.